The summed E-state index contributed by atoms with van der Waals surface area (Å²) in [6, 6.07) is 44.1. The fourth-order valence-corrected chi connectivity index (χ4v) is 9.93. The zero-order valence-corrected chi connectivity index (χ0v) is 54.5. The number of nitrogens with two attached hydrogens (primary N) is 3. The van der Waals surface area contributed by atoms with Gasteiger partial charge < -0.3 is 22.4 Å². The van der Waals surface area contributed by atoms with Crippen molar-refractivity contribution >= 4 is 93.1 Å². The highest BCUT2D eigenvalue weighted by molar-refractivity contribution is 9.11. The number of nitrogens with zero attached hydrogens (tertiary/aromatic N) is 6. The molecular formula is C66H75Br4N9O. The summed E-state index contributed by atoms with van der Waals surface area (Å²) in [5.74, 6) is 0.177. The van der Waals surface area contributed by atoms with Crippen LogP contribution in [0.25, 0.3) is 12.2 Å². The van der Waals surface area contributed by atoms with E-state index < -0.39 is 0 Å². The molecule has 0 spiro atoms. The van der Waals surface area contributed by atoms with Crippen LogP contribution in [0.3, 0.4) is 0 Å². The number of anilines is 2. The Balaban J connectivity index is 0.000000492. The zero-order chi connectivity index (χ0) is 61.2. The quantitative estimate of drug-likeness (QED) is 0.0391. The second-order valence-electron chi connectivity index (χ2n) is 23.5. The van der Waals surface area contributed by atoms with Crippen LogP contribution in [0.1, 0.15) is 150 Å². The smallest absolute Gasteiger partial charge is 0.170 e. The van der Waals surface area contributed by atoms with Crippen LogP contribution in [0.2, 0.25) is 0 Å². The molecule has 7 N–H and O–H groups in total. The molecule has 0 aliphatic heterocycles. The van der Waals surface area contributed by atoms with E-state index >= 15 is 0 Å². The topological polar surface area (TPSA) is 230 Å². The monoisotopic (exact) mass is 1330 g/mol. The molecule has 418 valence electrons. The Morgan fingerprint density at radius 3 is 1.09 bits per heavy atom. The molecule has 10 nitrogen and oxygen atoms in total. The standard InChI is InChI=1S/C17H28N2O.C17H25N.C11H9N.C7H4Br2N2.C7H3Br2N.C7H6N2/c1-16(2,3)10-12-7-13(11-17(4,5)6)9-14(8-12)15(18)19-20;1-16(2,3)10-13-7-14(11-17(4,5)6)9-15(8-13)12-18;1-3-9-5-10(4-2)7-11(6-9)8-12;8-5-1-4(3-10)2-6(9)7(5)11;8-6-1-5(4-10)2-7(9)3-6;8-5-6-1-3-7(9)4-2-6/h7-9,20H,10-11H2,1-6H3,(H2,18,19);7-9H,10-11H2,1-6H3;3-7H,1-2H2;1-2H,11H2;1-3H;1-4H,9H2. The van der Waals surface area contributed by atoms with Gasteiger partial charge in [0.25, 0.3) is 0 Å². The molecule has 0 fully saturated rings. The molecule has 0 radical (unpaired) electrons. The van der Waals surface area contributed by atoms with Gasteiger partial charge in [0.1, 0.15) is 0 Å². The molecule has 0 saturated heterocycles. The Labute approximate surface area is 510 Å². The number of rotatable bonds is 7. The Morgan fingerprint density at radius 1 is 0.463 bits per heavy atom. The van der Waals surface area contributed by atoms with Gasteiger partial charge in [-0.2, -0.15) is 26.3 Å². The lowest BCUT2D eigenvalue weighted by Crippen LogP contribution is -2.17. The maximum absolute atomic E-state index is 9.13. The molecule has 0 aromatic heterocycles. The van der Waals surface area contributed by atoms with Gasteiger partial charge in [-0.1, -0.05) is 158 Å². The van der Waals surface area contributed by atoms with Crippen molar-refractivity contribution < 1.29 is 5.21 Å². The van der Waals surface area contributed by atoms with E-state index in [1.807, 2.05) is 54.6 Å². The summed E-state index contributed by atoms with van der Waals surface area (Å²) in [5.41, 5.74) is 30.0. The number of nitriles is 5. The van der Waals surface area contributed by atoms with Crippen LogP contribution in [-0.4, -0.2) is 11.0 Å². The van der Waals surface area contributed by atoms with Gasteiger partial charge >= 0.3 is 0 Å². The fourth-order valence-electron chi connectivity index (χ4n) is 7.45. The number of oxime groups is 1. The van der Waals surface area contributed by atoms with Crippen molar-refractivity contribution in [1.29, 1.82) is 26.3 Å². The predicted octanol–water partition coefficient (Wildman–Crippen LogP) is 18.4. The van der Waals surface area contributed by atoms with Crippen LogP contribution in [0.5, 0.6) is 0 Å². The normalized spacial score (nSPS) is 10.8. The van der Waals surface area contributed by atoms with Crippen molar-refractivity contribution in [1.82, 2.24) is 0 Å². The molecule has 0 unspecified atom stereocenters. The molecule has 14 heteroatoms. The highest BCUT2D eigenvalue weighted by Crippen LogP contribution is 2.30. The van der Waals surface area contributed by atoms with Gasteiger partial charge in [-0.15, -0.1) is 0 Å². The van der Waals surface area contributed by atoms with Gasteiger partial charge in [0.2, 0.25) is 0 Å². The van der Waals surface area contributed by atoms with Gasteiger partial charge in [0.05, 0.1) is 63.9 Å². The summed E-state index contributed by atoms with van der Waals surface area (Å²) in [6.45, 7) is 34.0. The summed E-state index contributed by atoms with van der Waals surface area (Å²) in [4.78, 5) is 0. The van der Waals surface area contributed by atoms with Crippen molar-refractivity contribution in [3.05, 3.63) is 207 Å². The minimum atomic E-state index is 0.177. The molecule has 0 atom stereocenters. The van der Waals surface area contributed by atoms with Crippen molar-refractivity contribution in [2.24, 2.45) is 32.5 Å². The Kier molecular flexibility index (Phi) is 29.8. The Morgan fingerprint density at radius 2 is 0.775 bits per heavy atom. The van der Waals surface area contributed by atoms with E-state index in [0.717, 1.165) is 65.8 Å². The summed E-state index contributed by atoms with van der Waals surface area (Å²) < 4.78 is 3.31. The molecule has 6 rings (SSSR count). The summed E-state index contributed by atoms with van der Waals surface area (Å²) in [5, 5.41) is 55.2. The van der Waals surface area contributed by atoms with Gasteiger partial charge in [0, 0.05) is 29.1 Å². The minimum absolute atomic E-state index is 0.177. The molecule has 0 aliphatic carbocycles. The average Bonchev–Trinajstić information content (AvgIpc) is 3.36. The number of nitrogen functional groups attached to an aromatic ring is 2. The molecule has 6 aromatic rings. The van der Waals surface area contributed by atoms with E-state index in [4.69, 9.17) is 48.7 Å². The molecule has 80 heavy (non-hydrogen) atoms. The highest BCUT2D eigenvalue weighted by Gasteiger charge is 2.18. The third-order valence-electron chi connectivity index (χ3n) is 10.4. The third kappa shape index (κ3) is 30.4. The number of halogens is 4. The first-order chi connectivity index (χ1) is 37.1. The first-order valence-electron chi connectivity index (χ1n) is 25.3. The van der Waals surface area contributed by atoms with E-state index in [1.165, 1.54) is 22.3 Å². The van der Waals surface area contributed by atoms with Crippen LogP contribution < -0.4 is 17.2 Å². The number of amidine groups is 1. The van der Waals surface area contributed by atoms with Gasteiger partial charge in [-0.25, -0.2) is 0 Å². The molecule has 0 bridgehead atoms. The van der Waals surface area contributed by atoms with Crippen molar-refractivity contribution in [2.45, 2.75) is 109 Å². The Bertz CT molecular complexity index is 3140. The van der Waals surface area contributed by atoms with E-state index in [1.54, 1.807) is 72.8 Å². The summed E-state index contributed by atoms with van der Waals surface area (Å²) in [7, 11) is 0. The summed E-state index contributed by atoms with van der Waals surface area (Å²) >= 11 is 13.0. The van der Waals surface area contributed by atoms with Crippen molar-refractivity contribution in [2.75, 3.05) is 11.5 Å². The lowest BCUT2D eigenvalue weighted by molar-refractivity contribution is 0.318. The highest BCUT2D eigenvalue weighted by atomic mass is 79.9. The molecule has 0 heterocycles. The predicted molar refractivity (Wildman–Crippen MR) is 347 cm³/mol. The first kappa shape index (κ1) is 71.1. The number of benzene rings is 6. The van der Waals surface area contributed by atoms with E-state index in [9.17, 15) is 0 Å². The van der Waals surface area contributed by atoms with Crippen molar-refractivity contribution in [3.8, 4) is 30.3 Å². The molecule has 0 aliphatic rings. The second-order valence-corrected chi connectivity index (χ2v) is 27.0. The van der Waals surface area contributed by atoms with E-state index in [-0.39, 0.29) is 27.5 Å². The van der Waals surface area contributed by atoms with Gasteiger partial charge in [-0.05, 0) is 210 Å². The molecule has 0 saturated carbocycles. The van der Waals surface area contributed by atoms with Crippen LogP contribution in [-0.2, 0) is 25.7 Å². The van der Waals surface area contributed by atoms with Crippen LogP contribution in [0, 0.1) is 78.3 Å². The maximum Gasteiger partial charge on any atom is 0.170 e. The number of hydrogen-bond donors (Lipinski definition) is 4. The van der Waals surface area contributed by atoms with Gasteiger partial charge in [0.15, 0.2) is 5.84 Å². The number of hydrogen-bond acceptors (Lipinski definition) is 9. The first-order valence-corrected chi connectivity index (χ1v) is 28.5. The molecule has 0 amide bonds. The van der Waals surface area contributed by atoms with Crippen LogP contribution in [0.15, 0.2) is 145 Å². The van der Waals surface area contributed by atoms with Crippen LogP contribution in [0.4, 0.5) is 11.4 Å². The van der Waals surface area contributed by atoms with Gasteiger partial charge in [-0.3, -0.25) is 0 Å². The minimum Gasteiger partial charge on any atom is -0.409 e. The van der Waals surface area contributed by atoms with E-state index in [2.05, 4.69) is 189 Å². The third-order valence-corrected chi connectivity index (χ3v) is 12.6. The lowest BCUT2D eigenvalue weighted by Gasteiger charge is -2.22. The largest absolute Gasteiger partial charge is 0.409 e. The second kappa shape index (κ2) is 33.6. The Hall–Kier alpha value is -6.96. The van der Waals surface area contributed by atoms with E-state index in [0.29, 0.717) is 33.6 Å². The fraction of sp³-hybridized carbons (Fsp3) is 0.303. The zero-order valence-electron chi connectivity index (χ0n) is 48.2. The van der Waals surface area contributed by atoms with Crippen LogP contribution >= 0.6 is 63.7 Å². The lowest BCUT2D eigenvalue weighted by atomic mass is 9.83. The molecule has 6 aromatic carbocycles. The maximum atomic E-state index is 9.13. The average molecular weight is 1330 g/mol. The van der Waals surface area contributed by atoms with Crippen molar-refractivity contribution in [3.63, 3.8) is 0 Å². The SMILES string of the molecule is C=Cc1cc(C#N)cc(C=C)c1.CC(C)(C)Cc1cc(C#N)cc(CC(C)(C)C)c1.CC(C)(C)Cc1cc(CC(C)(C)C)cc(/C(N)=N/O)c1.N#Cc1cc(Br)c(N)c(Br)c1.N#Cc1cc(Br)cc(Br)c1.N#Cc1ccc(N)cc1. The summed E-state index contributed by atoms with van der Waals surface area (Å²) in [6.07, 6.45) is 7.40. The molecular weight excluding hydrogens is 1250 g/mol.